The van der Waals surface area contributed by atoms with E-state index >= 15 is 0 Å². The monoisotopic (exact) mass is 458 g/mol. The molecule has 5 rings (SSSR count). The summed E-state index contributed by atoms with van der Waals surface area (Å²) in [6, 6.07) is 11.9. The number of nitrogens with one attached hydrogen (secondary N) is 2. The largest absolute Gasteiger partial charge is 0.378 e. The molecule has 1 aromatic carbocycles. The highest BCUT2D eigenvalue weighted by Gasteiger charge is 2.19. The second-order valence-corrected chi connectivity index (χ2v) is 9.83. The molecule has 0 saturated carbocycles. The number of carbonyl (C=O) groups excluding carboxylic acids is 1. The van der Waals surface area contributed by atoms with Crippen molar-refractivity contribution in [2.24, 2.45) is 0 Å². The number of hydrogen-bond acceptors (Lipinski definition) is 6. The Balaban J connectivity index is 1.28. The molecule has 0 spiro atoms. The minimum atomic E-state index is -0.0384. The molecule has 0 bridgehead atoms. The number of rotatable bonds is 6. The third-order valence-corrected chi connectivity index (χ3v) is 6.11. The van der Waals surface area contributed by atoms with E-state index in [-0.39, 0.29) is 11.2 Å². The SMILES string of the molecule is CC(C)(C)c1cc(CC(=O)Cc2ccc(-c3nc4c(N5CCOCC5)nccc4[nH]3)cc2)[nH]n1. The van der Waals surface area contributed by atoms with Gasteiger partial charge in [-0.25, -0.2) is 9.97 Å². The molecule has 34 heavy (non-hydrogen) atoms. The maximum absolute atomic E-state index is 12.6. The van der Waals surface area contributed by atoms with E-state index in [1.54, 1.807) is 0 Å². The predicted molar refractivity (Wildman–Crippen MR) is 132 cm³/mol. The summed E-state index contributed by atoms with van der Waals surface area (Å²) in [5, 5.41) is 7.35. The van der Waals surface area contributed by atoms with Crippen LogP contribution in [0.5, 0.6) is 0 Å². The highest BCUT2D eigenvalue weighted by molar-refractivity contribution is 5.89. The standard InChI is InChI=1S/C26H30N6O2/c1-26(2,3)22-16-19(30-31-22)15-20(33)14-17-4-6-18(7-5-17)24-28-21-8-9-27-25(23(21)29-24)32-10-12-34-13-11-32/h4-9,16H,10-15H2,1-3H3,(H,28,29)(H,30,31). The molecule has 2 N–H and O–H groups in total. The summed E-state index contributed by atoms with van der Waals surface area (Å²) in [4.78, 5) is 27.7. The molecular formula is C26H30N6O2. The Hall–Kier alpha value is -3.52. The molecule has 4 heterocycles. The van der Waals surface area contributed by atoms with Crippen LogP contribution in [0.2, 0.25) is 0 Å². The van der Waals surface area contributed by atoms with Gasteiger partial charge < -0.3 is 14.6 Å². The lowest BCUT2D eigenvalue weighted by molar-refractivity contribution is -0.117. The molecule has 0 aliphatic carbocycles. The van der Waals surface area contributed by atoms with Gasteiger partial charge >= 0.3 is 0 Å². The minimum absolute atomic E-state index is 0.0384. The molecule has 1 aliphatic heterocycles. The summed E-state index contributed by atoms with van der Waals surface area (Å²) in [5.41, 5.74) is 5.58. The summed E-state index contributed by atoms with van der Waals surface area (Å²) in [5.74, 6) is 1.84. The Kier molecular flexibility index (Phi) is 5.91. The van der Waals surface area contributed by atoms with Crippen LogP contribution in [-0.4, -0.2) is 57.2 Å². The number of pyridine rings is 1. The van der Waals surface area contributed by atoms with Crippen molar-refractivity contribution in [1.82, 2.24) is 25.1 Å². The second kappa shape index (κ2) is 9.02. The van der Waals surface area contributed by atoms with Gasteiger partial charge in [0.25, 0.3) is 0 Å². The molecule has 3 aromatic heterocycles. The van der Waals surface area contributed by atoms with Crippen molar-refractivity contribution >= 4 is 22.6 Å². The number of aromatic nitrogens is 5. The van der Waals surface area contributed by atoms with E-state index < -0.39 is 0 Å². The van der Waals surface area contributed by atoms with E-state index in [1.165, 1.54) is 0 Å². The van der Waals surface area contributed by atoms with Gasteiger partial charge in [-0.3, -0.25) is 9.89 Å². The van der Waals surface area contributed by atoms with Crippen LogP contribution < -0.4 is 4.90 Å². The zero-order chi connectivity index (χ0) is 23.7. The number of hydrogen-bond donors (Lipinski definition) is 2. The van der Waals surface area contributed by atoms with Crippen molar-refractivity contribution in [3.63, 3.8) is 0 Å². The highest BCUT2D eigenvalue weighted by atomic mass is 16.5. The average molecular weight is 459 g/mol. The van der Waals surface area contributed by atoms with Gasteiger partial charge in [0.1, 0.15) is 17.1 Å². The van der Waals surface area contributed by atoms with E-state index in [1.807, 2.05) is 42.6 Å². The molecule has 8 heteroatoms. The molecule has 0 amide bonds. The zero-order valence-corrected chi connectivity index (χ0v) is 19.9. The van der Waals surface area contributed by atoms with E-state index in [0.29, 0.717) is 26.1 Å². The van der Waals surface area contributed by atoms with E-state index in [4.69, 9.17) is 9.72 Å². The molecule has 8 nitrogen and oxygen atoms in total. The summed E-state index contributed by atoms with van der Waals surface area (Å²) in [7, 11) is 0. The fourth-order valence-corrected chi connectivity index (χ4v) is 4.18. The van der Waals surface area contributed by atoms with E-state index in [2.05, 4.69) is 45.8 Å². The van der Waals surface area contributed by atoms with Crippen LogP contribution in [0.1, 0.15) is 37.7 Å². The maximum Gasteiger partial charge on any atom is 0.156 e. The van der Waals surface area contributed by atoms with Crippen LogP contribution in [-0.2, 0) is 27.8 Å². The van der Waals surface area contributed by atoms with Gasteiger partial charge in [0.15, 0.2) is 5.82 Å². The molecule has 4 aromatic rings. The molecule has 0 atom stereocenters. The van der Waals surface area contributed by atoms with E-state index in [9.17, 15) is 4.79 Å². The lowest BCUT2D eigenvalue weighted by Gasteiger charge is -2.27. The Morgan fingerprint density at radius 2 is 1.85 bits per heavy atom. The quantitative estimate of drug-likeness (QED) is 0.455. The van der Waals surface area contributed by atoms with Crippen molar-refractivity contribution in [1.29, 1.82) is 0 Å². The van der Waals surface area contributed by atoms with Crippen LogP contribution in [0.25, 0.3) is 22.4 Å². The fourth-order valence-electron chi connectivity index (χ4n) is 4.18. The Morgan fingerprint density at radius 1 is 1.09 bits per heavy atom. The Labute approximate surface area is 198 Å². The van der Waals surface area contributed by atoms with Gasteiger partial charge in [0.05, 0.1) is 24.4 Å². The summed E-state index contributed by atoms with van der Waals surface area (Å²) < 4.78 is 5.47. The molecule has 1 saturated heterocycles. The molecule has 0 radical (unpaired) electrons. The Morgan fingerprint density at radius 3 is 2.56 bits per heavy atom. The second-order valence-electron chi connectivity index (χ2n) is 9.83. The number of fused-ring (bicyclic) bond motifs is 1. The molecule has 176 valence electrons. The first-order chi connectivity index (χ1) is 16.4. The lowest BCUT2D eigenvalue weighted by atomic mass is 9.92. The van der Waals surface area contributed by atoms with E-state index in [0.717, 1.165) is 58.3 Å². The fraction of sp³-hybridized carbons (Fsp3) is 0.385. The summed E-state index contributed by atoms with van der Waals surface area (Å²) >= 11 is 0. The number of ether oxygens (including phenoxy) is 1. The molecular weight excluding hydrogens is 428 g/mol. The Bertz CT molecular complexity index is 1290. The number of imidazole rings is 1. The van der Waals surface area contributed by atoms with Crippen molar-refractivity contribution in [3.8, 4) is 11.4 Å². The zero-order valence-electron chi connectivity index (χ0n) is 19.9. The first-order valence-electron chi connectivity index (χ1n) is 11.7. The third kappa shape index (κ3) is 4.72. The number of anilines is 1. The van der Waals surface area contributed by atoms with Crippen LogP contribution >= 0.6 is 0 Å². The van der Waals surface area contributed by atoms with Gasteiger partial charge in [-0.1, -0.05) is 45.0 Å². The van der Waals surface area contributed by atoms with Crippen molar-refractivity contribution < 1.29 is 9.53 Å². The smallest absolute Gasteiger partial charge is 0.156 e. The normalized spacial score (nSPS) is 14.6. The number of benzene rings is 1. The topological polar surface area (TPSA) is 99.8 Å². The van der Waals surface area contributed by atoms with Crippen LogP contribution in [0.4, 0.5) is 5.82 Å². The number of nitrogens with zero attached hydrogens (tertiary/aromatic N) is 4. The minimum Gasteiger partial charge on any atom is -0.378 e. The molecule has 1 aliphatic rings. The number of H-pyrrole nitrogens is 2. The average Bonchev–Trinajstić information content (AvgIpc) is 3.47. The highest BCUT2D eigenvalue weighted by Crippen LogP contribution is 2.27. The predicted octanol–water partition coefficient (Wildman–Crippen LogP) is 3.84. The maximum atomic E-state index is 12.6. The number of carbonyl (C=O) groups is 1. The summed E-state index contributed by atoms with van der Waals surface area (Å²) in [6.45, 7) is 9.36. The first-order valence-corrected chi connectivity index (χ1v) is 11.7. The van der Waals surface area contributed by atoms with Crippen LogP contribution in [0.3, 0.4) is 0 Å². The molecule has 1 fully saturated rings. The van der Waals surface area contributed by atoms with Crippen molar-refractivity contribution in [3.05, 3.63) is 59.5 Å². The number of aromatic amines is 2. The van der Waals surface area contributed by atoms with Gasteiger partial charge in [0, 0.05) is 48.8 Å². The number of ketones is 1. The third-order valence-electron chi connectivity index (χ3n) is 6.11. The number of Topliss-reactive ketones (excluding diaryl/α,β-unsaturated/α-hetero) is 1. The van der Waals surface area contributed by atoms with Gasteiger partial charge in [-0.2, -0.15) is 5.10 Å². The van der Waals surface area contributed by atoms with Gasteiger partial charge in [0.2, 0.25) is 0 Å². The van der Waals surface area contributed by atoms with Crippen LogP contribution in [0, 0.1) is 0 Å². The first kappa shape index (κ1) is 22.3. The molecule has 0 unspecified atom stereocenters. The number of morpholine rings is 1. The van der Waals surface area contributed by atoms with Gasteiger partial charge in [-0.15, -0.1) is 0 Å². The van der Waals surface area contributed by atoms with Crippen molar-refractivity contribution in [2.45, 2.75) is 39.0 Å². The lowest BCUT2D eigenvalue weighted by Crippen LogP contribution is -2.36. The summed E-state index contributed by atoms with van der Waals surface area (Å²) in [6.07, 6.45) is 2.55. The van der Waals surface area contributed by atoms with Crippen LogP contribution in [0.15, 0.2) is 42.6 Å². The van der Waals surface area contributed by atoms with Gasteiger partial charge in [-0.05, 0) is 17.7 Å². The van der Waals surface area contributed by atoms with Crippen molar-refractivity contribution in [2.75, 3.05) is 31.2 Å².